The number of anilines is 1. The van der Waals surface area contributed by atoms with Gasteiger partial charge in [0, 0.05) is 36.9 Å². The fourth-order valence-electron chi connectivity index (χ4n) is 3.03. The first-order valence-corrected chi connectivity index (χ1v) is 9.76. The average molecular weight is 382 g/mol. The molecule has 3 heterocycles. The Morgan fingerprint density at radius 1 is 1.11 bits per heavy atom. The minimum atomic E-state index is -3.71. The maximum atomic E-state index is 12.7. The van der Waals surface area contributed by atoms with E-state index in [1.165, 1.54) is 0 Å². The van der Waals surface area contributed by atoms with Gasteiger partial charge in [0.1, 0.15) is 4.90 Å². The van der Waals surface area contributed by atoms with E-state index in [0.29, 0.717) is 22.9 Å². The van der Waals surface area contributed by atoms with Crippen molar-refractivity contribution in [2.75, 3.05) is 4.72 Å². The van der Waals surface area contributed by atoms with Gasteiger partial charge in [0.25, 0.3) is 10.0 Å². The van der Waals surface area contributed by atoms with Crippen LogP contribution in [0.3, 0.4) is 0 Å². The first kappa shape index (κ1) is 17.2. The number of nitrogens with one attached hydrogen (secondary N) is 1. The maximum absolute atomic E-state index is 12.7. The van der Waals surface area contributed by atoms with E-state index in [9.17, 15) is 8.42 Å². The molecule has 0 atom stereocenters. The van der Waals surface area contributed by atoms with Crippen molar-refractivity contribution in [3.8, 4) is 11.3 Å². The zero-order valence-electron chi connectivity index (χ0n) is 15.1. The average Bonchev–Trinajstić information content (AvgIpc) is 3.16. The lowest BCUT2D eigenvalue weighted by Crippen LogP contribution is -2.14. The van der Waals surface area contributed by atoms with Crippen LogP contribution in [0.1, 0.15) is 11.4 Å². The van der Waals surface area contributed by atoms with Crippen molar-refractivity contribution in [3.05, 3.63) is 60.3 Å². The van der Waals surface area contributed by atoms with Crippen LogP contribution >= 0.6 is 0 Å². The van der Waals surface area contributed by atoms with Crippen LogP contribution in [0.5, 0.6) is 0 Å². The third-order valence-electron chi connectivity index (χ3n) is 4.38. The van der Waals surface area contributed by atoms with Gasteiger partial charge in [-0.25, -0.2) is 18.4 Å². The molecule has 8 nitrogen and oxygen atoms in total. The van der Waals surface area contributed by atoms with Crippen molar-refractivity contribution in [1.29, 1.82) is 0 Å². The van der Waals surface area contributed by atoms with Gasteiger partial charge in [0.15, 0.2) is 0 Å². The smallest absolute Gasteiger partial charge is 0.265 e. The topological polar surface area (TPSA) is 94.2 Å². The van der Waals surface area contributed by atoms with Crippen molar-refractivity contribution < 1.29 is 8.42 Å². The molecule has 0 aliphatic heterocycles. The van der Waals surface area contributed by atoms with E-state index in [1.54, 1.807) is 43.9 Å². The Morgan fingerprint density at radius 3 is 2.48 bits per heavy atom. The molecule has 0 bridgehead atoms. The molecule has 0 saturated heterocycles. The van der Waals surface area contributed by atoms with E-state index in [0.717, 1.165) is 11.3 Å². The lowest BCUT2D eigenvalue weighted by Gasteiger charge is -2.09. The SMILES string of the molecule is Cc1nn(C)c(C)c1S(=O)(=O)Nc1ccc(-c2cn3cccnc3n2)cc1. The lowest BCUT2D eigenvalue weighted by molar-refractivity contribution is 0.599. The molecule has 0 aliphatic carbocycles. The number of sulfonamides is 1. The van der Waals surface area contributed by atoms with Gasteiger partial charge in [-0.3, -0.25) is 13.8 Å². The monoisotopic (exact) mass is 382 g/mol. The molecular weight excluding hydrogens is 364 g/mol. The Balaban J connectivity index is 1.62. The highest BCUT2D eigenvalue weighted by Gasteiger charge is 2.23. The van der Waals surface area contributed by atoms with Crippen LogP contribution in [-0.4, -0.2) is 32.6 Å². The summed E-state index contributed by atoms with van der Waals surface area (Å²) in [6, 6.07) is 8.90. The van der Waals surface area contributed by atoms with Gasteiger partial charge < -0.3 is 0 Å². The summed E-state index contributed by atoms with van der Waals surface area (Å²) in [5, 5.41) is 4.17. The second-order valence-electron chi connectivity index (χ2n) is 6.26. The number of rotatable bonds is 4. The van der Waals surface area contributed by atoms with Crippen LogP contribution in [0.25, 0.3) is 17.0 Å². The van der Waals surface area contributed by atoms with Gasteiger partial charge in [-0.1, -0.05) is 12.1 Å². The van der Waals surface area contributed by atoms with Crippen molar-refractivity contribution in [2.24, 2.45) is 7.05 Å². The molecule has 0 spiro atoms. The Kier molecular flexibility index (Phi) is 3.96. The van der Waals surface area contributed by atoms with Crippen molar-refractivity contribution in [3.63, 3.8) is 0 Å². The number of aryl methyl sites for hydroxylation is 2. The molecule has 0 amide bonds. The molecule has 0 radical (unpaired) electrons. The predicted octanol–water partition coefficient (Wildman–Crippen LogP) is 2.55. The zero-order valence-corrected chi connectivity index (χ0v) is 15.9. The Labute approximate surface area is 156 Å². The van der Waals surface area contributed by atoms with E-state index >= 15 is 0 Å². The zero-order chi connectivity index (χ0) is 19.2. The summed E-state index contributed by atoms with van der Waals surface area (Å²) in [4.78, 5) is 8.87. The number of benzene rings is 1. The van der Waals surface area contributed by atoms with E-state index in [1.807, 2.05) is 35.0 Å². The fourth-order valence-corrected chi connectivity index (χ4v) is 4.53. The minimum Gasteiger partial charge on any atom is -0.291 e. The van der Waals surface area contributed by atoms with Crippen LogP contribution in [-0.2, 0) is 17.1 Å². The van der Waals surface area contributed by atoms with Gasteiger partial charge in [-0.05, 0) is 32.0 Å². The number of imidazole rings is 1. The molecule has 138 valence electrons. The minimum absolute atomic E-state index is 0.209. The summed E-state index contributed by atoms with van der Waals surface area (Å²) in [5.74, 6) is 0.611. The van der Waals surface area contributed by atoms with Crippen LogP contribution in [0.15, 0.2) is 53.8 Å². The van der Waals surface area contributed by atoms with E-state index in [2.05, 4.69) is 19.8 Å². The molecule has 0 unspecified atom stereocenters. The lowest BCUT2D eigenvalue weighted by atomic mass is 10.1. The van der Waals surface area contributed by atoms with Crippen LogP contribution in [0, 0.1) is 13.8 Å². The van der Waals surface area contributed by atoms with Gasteiger partial charge in [-0.15, -0.1) is 0 Å². The molecule has 27 heavy (non-hydrogen) atoms. The summed E-state index contributed by atoms with van der Waals surface area (Å²) >= 11 is 0. The molecule has 1 aromatic carbocycles. The highest BCUT2D eigenvalue weighted by atomic mass is 32.2. The maximum Gasteiger partial charge on any atom is 0.265 e. The molecule has 0 aliphatic rings. The number of nitrogens with zero attached hydrogens (tertiary/aromatic N) is 5. The normalized spacial score (nSPS) is 11.8. The molecular formula is C18H18N6O2S. The van der Waals surface area contributed by atoms with Crippen molar-refractivity contribution >= 4 is 21.5 Å². The first-order chi connectivity index (χ1) is 12.8. The van der Waals surface area contributed by atoms with Crippen LogP contribution < -0.4 is 4.72 Å². The van der Waals surface area contributed by atoms with Crippen LogP contribution in [0.4, 0.5) is 5.69 Å². The quantitative estimate of drug-likeness (QED) is 0.585. The molecule has 4 rings (SSSR count). The number of hydrogen-bond acceptors (Lipinski definition) is 5. The van der Waals surface area contributed by atoms with Gasteiger partial charge in [-0.2, -0.15) is 5.10 Å². The summed E-state index contributed by atoms with van der Waals surface area (Å²) in [7, 11) is -1.99. The van der Waals surface area contributed by atoms with Gasteiger partial charge >= 0.3 is 0 Å². The van der Waals surface area contributed by atoms with Crippen molar-refractivity contribution in [2.45, 2.75) is 18.7 Å². The molecule has 0 fully saturated rings. The van der Waals surface area contributed by atoms with Gasteiger partial charge in [0.05, 0.1) is 17.1 Å². The highest BCUT2D eigenvalue weighted by molar-refractivity contribution is 7.92. The van der Waals surface area contributed by atoms with Gasteiger partial charge in [0.2, 0.25) is 5.78 Å². The molecule has 3 aromatic heterocycles. The Morgan fingerprint density at radius 2 is 1.85 bits per heavy atom. The number of hydrogen-bond donors (Lipinski definition) is 1. The predicted molar refractivity (Wildman–Crippen MR) is 102 cm³/mol. The Bertz CT molecular complexity index is 1210. The summed E-state index contributed by atoms with van der Waals surface area (Å²) in [5.41, 5.74) is 3.17. The van der Waals surface area contributed by atoms with Crippen LogP contribution in [0.2, 0.25) is 0 Å². The van der Waals surface area contributed by atoms with E-state index in [-0.39, 0.29) is 4.90 Å². The largest absolute Gasteiger partial charge is 0.291 e. The molecule has 1 N–H and O–H groups in total. The fraction of sp³-hybridized carbons (Fsp3) is 0.167. The molecule has 9 heteroatoms. The number of fused-ring (bicyclic) bond motifs is 1. The third kappa shape index (κ3) is 3.06. The highest BCUT2D eigenvalue weighted by Crippen LogP contribution is 2.24. The Hall–Kier alpha value is -3.20. The second kappa shape index (κ2) is 6.20. The summed E-state index contributed by atoms with van der Waals surface area (Å²) in [6.45, 7) is 3.41. The van der Waals surface area contributed by atoms with E-state index in [4.69, 9.17) is 0 Å². The summed E-state index contributed by atoms with van der Waals surface area (Å²) in [6.07, 6.45) is 5.44. The number of aromatic nitrogens is 5. The van der Waals surface area contributed by atoms with Crippen molar-refractivity contribution in [1.82, 2.24) is 24.1 Å². The standard InChI is InChI=1S/C18H18N6O2S/c1-12-17(13(2)23(3)21-12)27(25,26)22-15-7-5-14(6-8-15)16-11-24-10-4-9-19-18(24)20-16/h4-11,22H,1-3H3. The second-order valence-corrected chi connectivity index (χ2v) is 7.88. The first-order valence-electron chi connectivity index (χ1n) is 8.28. The summed E-state index contributed by atoms with van der Waals surface area (Å²) < 4.78 is 31.5. The van der Waals surface area contributed by atoms with E-state index < -0.39 is 10.0 Å². The third-order valence-corrected chi connectivity index (χ3v) is 6.01. The molecule has 0 saturated carbocycles. The molecule has 4 aromatic rings.